The third kappa shape index (κ3) is 7.41. The SMILES string of the molecule is Cl.Cl.O=C(CCN1CCCN(Cc2ccccc2)CC1)N1CCNCC1. The molecule has 2 heterocycles. The second kappa shape index (κ2) is 12.5. The van der Waals surface area contributed by atoms with Gasteiger partial charge in [0.1, 0.15) is 0 Å². The van der Waals surface area contributed by atoms with E-state index in [-0.39, 0.29) is 24.8 Å². The van der Waals surface area contributed by atoms with Crippen molar-refractivity contribution in [3.8, 4) is 0 Å². The predicted octanol–water partition coefficient (Wildman–Crippen LogP) is 1.86. The van der Waals surface area contributed by atoms with E-state index in [9.17, 15) is 4.79 Å². The van der Waals surface area contributed by atoms with Gasteiger partial charge in [-0.1, -0.05) is 30.3 Å². The Morgan fingerprint density at radius 1 is 0.885 bits per heavy atom. The first kappa shape index (κ1) is 23.2. The first-order valence-electron chi connectivity index (χ1n) is 9.28. The van der Waals surface area contributed by atoms with Crippen LogP contribution in [0.15, 0.2) is 30.3 Å². The molecule has 1 N–H and O–H groups in total. The molecule has 0 bridgehead atoms. The van der Waals surface area contributed by atoms with Crippen LogP contribution in [0.5, 0.6) is 0 Å². The number of benzene rings is 1. The van der Waals surface area contributed by atoms with Gasteiger partial charge in [0.15, 0.2) is 0 Å². The molecule has 7 heteroatoms. The molecule has 1 aromatic rings. The third-order valence-corrected chi connectivity index (χ3v) is 5.04. The van der Waals surface area contributed by atoms with Crippen LogP contribution in [0.25, 0.3) is 0 Å². The molecule has 0 spiro atoms. The van der Waals surface area contributed by atoms with Crippen molar-refractivity contribution in [2.75, 3.05) is 58.9 Å². The second-order valence-corrected chi connectivity index (χ2v) is 6.84. The minimum atomic E-state index is 0. The Balaban J connectivity index is 0.00000169. The van der Waals surface area contributed by atoms with Crippen LogP contribution in [0.4, 0.5) is 0 Å². The number of nitrogens with zero attached hydrogens (tertiary/aromatic N) is 3. The van der Waals surface area contributed by atoms with Crippen LogP contribution in [0, 0.1) is 0 Å². The Hall–Kier alpha value is -0.850. The van der Waals surface area contributed by atoms with Gasteiger partial charge in [-0.05, 0) is 25.1 Å². The van der Waals surface area contributed by atoms with E-state index in [1.54, 1.807) is 0 Å². The smallest absolute Gasteiger partial charge is 0.223 e. The Morgan fingerprint density at radius 2 is 1.54 bits per heavy atom. The summed E-state index contributed by atoms with van der Waals surface area (Å²) in [4.78, 5) is 19.3. The van der Waals surface area contributed by atoms with Gasteiger partial charge in [-0.25, -0.2) is 0 Å². The molecule has 0 saturated carbocycles. The van der Waals surface area contributed by atoms with Crippen LogP contribution < -0.4 is 5.32 Å². The summed E-state index contributed by atoms with van der Waals surface area (Å²) in [6, 6.07) is 10.7. The summed E-state index contributed by atoms with van der Waals surface area (Å²) in [5.74, 6) is 0.321. The lowest BCUT2D eigenvalue weighted by molar-refractivity contribution is -0.132. The first-order valence-corrected chi connectivity index (χ1v) is 9.28. The Kier molecular flexibility index (Phi) is 11.2. The maximum atomic E-state index is 12.3. The zero-order valence-electron chi connectivity index (χ0n) is 15.4. The summed E-state index contributed by atoms with van der Waals surface area (Å²) in [5, 5.41) is 3.30. The highest BCUT2D eigenvalue weighted by Gasteiger charge is 2.19. The molecule has 0 aromatic heterocycles. The number of hydrogen-bond acceptors (Lipinski definition) is 4. The van der Waals surface area contributed by atoms with Gasteiger partial charge in [-0.2, -0.15) is 0 Å². The number of nitrogens with one attached hydrogen (secondary N) is 1. The van der Waals surface area contributed by atoms with Crippen molar-refractivity contribution >= 4 is 30.7 Å². The van der Waals surface area contributed by atoms with Crippen molar-refractivity contribution in [2.45, 2.75) is 19.4 Å². The van der Waals surface area contributed by atoms with E-state index < -0.39 is 0 Å². The fourth-order valence-corrected chi connectivity index (χ4v) is 3.57. The highest BCUT2D eigenvalue weighted by molar-refractivity contribution is 5.85. The molecule has 148 valence electrons. The number of hydrogen-bond donors (Lipinski definition) is 1. The monoisotopic (exact) mass is 402 g/mol. The van der Waals surface area contributed by atoms with E-state index >= 15 is 0 Å². The maximum Gasteiger partial charge on any atom is 0.223 e. The van der Waals surface area contributed by atoms with Gasteiger partial charge < -0.3 is 15.1 Å². The van der Waals surface area contributed by atoms with Gasteiger partial charge in [0, 0.05) is 58.8 Å². The van der Waals surface area contributed by atoms with Crippen molar-refractivity contribution in [1.29, 1.82) is 0 Å². The van der Waals surface area contributed by atoms with Crippen LogP contribution in [0.2, 0.25) is 0 Å². The molecule has 26 heavy (non-hydrogen) atoms. The van der Waals surface area contributed by atoms with Crippen molar-refractivity contribution < 1.29 is 4.79 Å². The fraction of sp³-hybridized carbons (Fsp3) is 0.632. The zero-order chi connectivity index (χ0) is 16.6. The summed E-state index contributed by atoms with van der Waals surface area (Å²) in [6.07, 6.45) is 1.85. The lowest BCUT2D eigenvalue weighted by Gasteiger charge is -2.28. The molecule has 2 aliphatic heterocycles. The van der Waals surface area contributed by atoms with E-state index in [2.05, 4.69) is 45.4 Å². The lowest BCUT2D eigenvalue weighted by Crippen LogP contribution is -2.47. The lowest BCUT2D eigenvalue weighted by atomic mass is 10.2. The molecule has 0 aliphatic carbocycles. The number of carbonyl (C=O) groups excluding carboxylic acids is 1. The molecule has 1 amide bonds. The van der Waals surface area contributed by atoms with Crippen LogP contribution >= 0.6 is 24.8 Å². The molecule has 2 aliphatic rings. The summed E-state index contributed by atoms with van der Waals surface area (Å²) in [6.45, 7) is 9.97. The minimum Gasteiger partial charge on any atom is -0.340 e. The second-order valence-electron chi connectivity index (χ2n) is 6.84. The number of carbonyl (C=O) groups is 1. The molecule has 2 saturated heterocycles. The normalized spacial score (nSPS) is 19.2. The Bertz CT molecular complexity index is 512. The van der Waals surface area contributed by atoms with E-state index in [4.69, 9.17) is 0 Å². The molecule has 3 rings (SSSR count). The van der Waals surface area contributed by atoms with Gasteiger partial charge in [-0.3, -0.25) is 9.69 Å². The summed E-state index contributed by atoms with van der Waals surface area (Å²) in [7, 11) is 0. The van der Waals surface area contributed by atoms with Crippen LogP contribution in [-0.2, 0) is 11.3 Å². The average molecular weight is 403 g/mol. The number of rotatable bonds is 5. The van der Waals surface area contributed by atoms with Gasteiger partial charge in [0.05, 0.1) is 0 Å². The van der Waals surface area contributed by atoms with E-state index in [0.29, 0.717) is 12.3 Å². The van der Waals surface area contributed by atoms with Crippen molar-refractivity contribution in [2.24, 2.45) is 0 Å². The minimum absolute atomic E-state index is 0. The van der Waals surface area contributed by atoms with Gasteiger partial charge in [0.2, 0.25) is 5.91 Å². The molecule has 2 fully saturated rings. The molecule has 0 unspecified atom stereocenters. The summed E-state index contributed by atoms with van der Waals surface area (Å²) >= 11 is 0. The largest absolute Gasteiger partial charge is 0.340 e. The Labute approximate surface area is 169 Å². The standard InChI is InChI=1S/C19H30N4O.2ClH/c24-19(23-13-8-20-9-14-23)7-12-21-10-4-11-22(16-15-21)17-18-5-2-1-3-6-18;;/h1-3,5-6,20H,4,7-17H2;2*1H. The molecular weight excluding hydrogens is 371 g/mol. The summed E-state index contributed by atoms with van der Waals surface area (Å²) in [5.41, 5.74) is 1.39. The average Bonchev–Trinajstić information content (AvgIpc) is 2.86. The Morgan fingerprint density at radius 3 is 2.27 bits per heavy atom. The zero-order valence-corrected chi connectivity index (χ0v) is 17.1. The van der Waals surface area contributed by atoms with Gasteiger partial charge in [0.25, 0.3) is 0 Å². The highest BCUT2D eigenvalue weighted by Crippen LogP contribution is 2.09. The molecule has 0 radical (unpaired) electrons. The number of piperazine rings is 1. The molecule has 0 atom stereocenters. The highest BCUT2D eigenvalue weighted by atomic mass is 35.5. The molecule has 1 aromatic carbocycles. The quantitative estimate of drug-likeness (QED) is 0.815. The molecule has 5 nitrogen and oxygen atoms in total. The van der Waals surface area contributed by atoms with E-state index in [1.807, 2.05) is 4.90 Å². The molecular formula is C19H32Cl2N4O. The van der Waals surface area contributed by atoms with Crippen LogP contribution in [-0.4, -0.2) is 79.5 Å². The maximum absolute atomic E-state index is 12.3. The first-order chi connectivity index (χ1) is 11.8. The summed E-state index contributed by atoms with van der Waals surface area (Å²) < 4.78 is 0. The predicted molar refractivity (Wildman–Crippen MR) is 111 cm³/mol. The van der Waals surface area contributed by atoms with Gasteiger partial charge >= 0.3 is 0 Å². The third-order valence-electron chi connectivity index (χ3n) is 5.04. The number of amides is 1. The van der Waals surface area contributed by atoms with Crippen LogP contribution in [0.1, 0.15) is 18.4 Å². The van der Waals surface area contributed by atoms with E-state index in [0.717, 1.165) is 65.4 Å². The number of halogens is 2. The van der Waals surface area contributed by atoms with Gasteiger partial charge in [-0.15, -0.1) is 24.8 Å². The van der Waals surface area contributed by atoms with Crippen LogP contribution in [0.3, 0.4) is 0 Å². The van der Waals surface area contributed by atoms with Crippen molar-refractivity contribution in [3.63, 3.8) is 0 Å². The fourth-order valence-electron chi connectivity index (χ4n) is 3.57. The van der Waals surface area contributed by atoms with Crippen molar-refractivity contribution in [3.05, 3.63) is 35.9 Å². The topological polar surface area (TPSA) is 38.8 Å². The van der Waals surface area contributed by atoms with E-state index in [1.165, 1.54) is 12.0 Å². The van der Waals surface area contributed by atoms with Crippen molar-refractivity contribution in [1.82, 2.24) is 20.0 Å².